The monoisotopic (exact) mass is 391 g/mol. The van der Waals surface area contributed by atoms with E-state index in [0.717, 1.165) is 42.7 Å². The van der Waals surface area contributed by atoms with Crippen molar-refractivity contribution in [2.75, 3.05) is 22.9 Å². The second-order valence-corrected chi connectivity index (χ2v) is 7.55. The molecule has 0 radical (unpaired) electrons. The molecule has 2 saturated heterocycles. The van der Waals surface area contributed by atoms with E-state index in [1.54, 1.807) is 23.1 Å². The van der Waals surface area contributed by atoms with Crippen LogP contribution in [0.1, 0.15) is 48.0 Å². The summed E-state index contributed by atoms with van der Waals surface area (Å²) >= 11 is 0. The number of nitrogens with zero attached hydrogens (tertiary/aromatic N) is 2. The van der Waals surface area contributed by atoms with Gasteiger partial charge in [-0.2, -0.15) is 0 Å². The molecule has 0 aromatic heterocycles. The molecule has 3 amide bonds. The maximum Gasteiger partial charge on any atom is 0.251 e. The standard InChI is InChI=1S/C23H25N3O3/c27-21-10-1-2-12-25(21)19-8-3-6-17(14-19)16-24-23(29)18-7-4-9-20(15-18)26-13-5-11-22(26)28/h3-4,6-9,14-15H,1-2,5,10-13,16H2,(H,24,29). The van der Waals surface area contributed by atoms with Crippen LogP contribution in [0, 0.1) is 0 Å². The van der Waals surface area contributed by atoms with Gasteiger partial charge in [0.25, 0.3) is 5.91 Å². The van der Waals surface area contributed by atoms with E-state index in [-0.39, 0.29) is 17.7 Å². The van der Waals surface area contributed by atoms with Crippen molar-refractivity contribution in [1.82, 2.24) is 5.32 Å². The van der Waals surface area contributed by atoms with Gasteiger partial charge in [-0.3, -0.25) is 14.4 Å². The number of nitrogens with one attached hydrogen (secondary N) is 1. The Morgan fingerprint density at radius 1 is 0.828 bits per heavy atom. The van der Waals surface area contributed by atoms with Gasteiger partial charge in [0.15, 0.2) is 0 Å². The molecule has 6 nitrogen and oxygen atoms in total. The van der Waals surface area contributed by atoms with Crippen LogP contribution in [-0.2, 0) is 16.1 Å². The predicted molar refractivity (Wildman–Crippen MR) is 112 cm³/mol. The van der Waals surface area contributed by atoms with E-state index >= 15 is 0 Å². The molecule has 2 aromatic carbocycles. The van der Waals surface area contributed by atoms with E-state index in [4.69, 9.17) is 0 Å². The van der Waals surface area contributed by atoms with Crippen LogP contribution in [0.4, 0.5) is 11.4 Å². The zero-order chi connectivity index (χ0) is 20.2. The average Bonchev–Trinajstić information content (AvgIpc) is 3.18. The molecule has 2 fully saturated rings. The Bertz CT molecular complexity index is 940. The second-order valence-electron chi connectivity index (χ2n) is 7.55. The normalized spacial score (nSPS) is 17.0. The molecule has 1 N–H and O–H groups in total. The van der Waals surface area contributed by atoms with Crippen LogP contribution in [0.25, 0.3) is 0 Å². The molecule has 0 atom stereocenters. The van der Waals surface area contributed by atoms with Crippen molar-refractivity contribution in [3.63, 3.8) is 0 Å². The molecular formula is C23H25N3O3. The van der Waals surface area contributed by atoms with Crippen molar-refractivity contribution < 1.29 is 14.4 Å². The molecule has 150 valence electrons. The fourth-order valence-corrected chi connectivity index (χ4v) is 3.93. The Labute approximate surface area is 170 Å². The van der Waals surface area contributed by atoms with Crippen molar-refractivity contribution in [2.24, 2.45) is 0 Å². The molecule has 4 rings (SSSR count). The molecule has 0 aliphatic carbocycles. The summed E-state index contributed by atoms with van der Waals surface area (Å²) < 4.78 is 0. The van der Waals surface area contributed by atoms with Crippen molar-refractivity contribution >= 4 is 29.1 Å². The number of rotatable bonds is 5. The van der Waals surface area contributed by atoms with Crippen LogP contribution in [0.5, 0.6) is 0 Å². The minimum atomic E-state index is -0.182. The van der Waals surface area contributed by atoms with E-state index in [2.05, 4.69) is 5.32 Å². The molecule has 2 aromatic rings. The van der Waals surface area contributed by atoms with Crippen molar-refractivity contribution in [1.29, 1.82) is 0 Å². The van der Waals surface area contributed by atoms with Gasteiger partial charge in [-0.05, 0) is 55.2 Å². The van der Waals surface area contributed by atoms with Gasteiger partial charge in [0.1, 0.15) is 0 Å². The molecule has 29 heavy (non-hydrogen) atoms. The molecule has 2 aliphatic heterocycles. The first-order chi connectivity index (χ1) is 14.1. The molecule has 2 heterocycles. The summed E-state index contributed by atoms with van der Waals surface area (Å²) in [5, 5.41) is 2.94. The lowest BCUT2D eigenvalue weighted by Gasteiger charge is -2.27. The third-order valence-corrected chi connectivity index (χ3v) is 5.49. The fraction of sp³-hybridized carbons (Fsp3) is 0.348. The van der Waals surface area contributed by atoms with Crippen LogP contribution in [0.3, 0.4) is 0 Å². The summed E-state index contributed by atoms with van der Waals surface area (Å²) in [4.78, 5) is 40.3. The van der Waals surface area contributed by atoms with E-state index in [9.17, 15) is 14.4 Å². The number of carbonyl (C=O) groups excluding carboxylic acids is 3. The first-order valence-corrected chi connectivity index (χ1v) is 10.2. The minimum Gasteiger partial charge on any atom is -0.348 e. The first kappa shape index (κ1) is 19.2. The van der Waals surface area contributed by atoms with Gasteiger partial charge < -0.3 is 15.1 Å². The summed E-state index contributed by atoms with van der Waals surface area (Å²) in [6.45, 7) is 1.82. The lowest BCUT2D eigenvalue weighted by atomic mass is 10.1. The maximum absolute atomic E-state index is 12.6. The average molecular weight is 391 g/mol. The second kappa shape index (κ2) is 8.47. The van der Waals surface area contributed by atoms with Gasteiger partial charge in [-0.25, -0.2) is 0 Å². The minimum absolute atomic E-state index is 0.103. The van der Waals surface area contributed by atoms with Crippen molar-refractivity contribution in [2.45, 2.75) is 38.6 Å². The zero-order valence-electron chi connectivity index (χ0n) is 16.4. The maximum atomic E-state index is 12.6. The van der Waals surface area contributed by atoms with Crippen LogP contribution in [0.2, 0.25) is 0 Å². The summed E-state index contributed by atoms with van der Waals surface area (Å²) in [5.74, 6) is 0.0790. The number of hydrogen-bond donors (Lipinski definition) is 1. The molecule has 2 aliphatic rings. The molecule has 0 bridgehead atoms. The topological polar surface area (TPSA) is 69.7 Å². The summed E-state index contributed by atoms with van der Waals surface area (Å²) in [6, 6.07) is 14.9. The van der Waals surface area contributed by atoms with Crippen LogP contribution < -0.4 is 15.1 Å². The highest BCUT2D eigenvalue weighted by Gasteiger charge is 2.22. The third kappa shape index (κ3) is 4.31. The first-order valence-electron chi connectivity index (χ1n) is 10.2. The zero-order valence-corrected chi connectivity index (χ0v) is 16.4. The number of benzene rings is 2. The Balaban J connectivity index is 1.42. The Kier molecular flexibility index (Phi) is 5.60. The van der Waals surface area contributed by atoms with Crippen LogP contribution >= 0.6 is 0 Å². The molecule has 0 unspecified atom stereocenters. The largest absolute Gasteiger partial charge is 0.348 e. The summed E-state index contributed by atoms with van der Waals surface area (Å²) in [6.07, 6.45) is 3.98. The molecule has 0 spiro atoms. The van der Waals surface area contributed by atoms with Gasteiger partial charge in [0.05, 0.1) is 0 Å². The number of piperidine rings is 1. The van der Waals surface area contributed by atoms with E-state index in [0.29, 0.717) is 31.5 Å². The van der Waals surface area contributed by atoms with Gasteiger partial charge in [0, 0.05) is 49.4 Å². The quantitative estimate of drug-likeness (QED) is 0.851. The van der Waals surface area contributed by atoms with Crippen molar-refractivity contribution in [3.05, 3.63) is 59.7 Å². The van der Waals surface area contributed by atoms with E-state index in [1.165, 1.54) is 0 Å². The van der Waals surface area contributed by atoms with Gasteiger partial charge >= 0.3 is 0 Å². The number of amides is 3. The van der Waals surface area contributed by atoms with E-state index in [1.807, 2.05) is 35.2 Å². The van der Waals surface area contributed by atoms with Crippen molar-refractivity contribution in [3.8, 4) is 0 Å². The highest BCUT2D eigenvalue weighted by Crippen LogP contribution is 2.23. The molecule has 0 saturated carbocycles. The van der Waals surface area contributed by atoms with Gasteiger partial charge in [0.2, 0.25) is 11.8 Å². The number of hydrogen-bond acceptors (Lipinski definition) is 3. The predicted octanol–water partition coefficient (Wildman–Crippen LogP) is 3.26. The lowest BCUT2D eigenvalue weighted by Crippen LogP contribution is -2.35. The summed E-state index contributed by atoms with van der Waals surface area (Å²) in [7, 11) is 0. The van der Waals surface area contributed by atoms with Gasteiger partial charge in [-0.1, -0.05) is 18.2 Å². The lowest BCUT2D eigenvalue weighted by molar-refractivity contribution is -0.119. The van der Waals surface area contributed by atoms with E-state index < -0.39 is 0 Å². The van der Waals surface area contributed by atoms with Crippen LogP contribution in [-0.4, -0.2) is 30.8 Å². The summed E-state index contributed by atoms with van der Waals surface area (Å²) in [5.41, 5.74) is 3.13. The third-order valence-electron chi connectivity index (χ3n) is 5.49. The van der Waals surface area contributed by atoms with Gasteiger partial charge in [-0.15, -0.1) is 0 Å². The SMILES string of the molecule is O=C(NCc1cccc(N2CCCCC2=O)c1)c1cccc(N2CCCC2=O)c1. The smallest absolute Gasteiger partial charge is 0.251 e. The highest BCUT2D eigenvalue weighted by atomic mass is 16.2. The Hall–Kier alpha value is -3.15. The molecule has 6 heteroatoms. The molecular weight excluding hydrogens is 366 g/mol. The number of carbonyl (C=O) groups is 3. The number of anilines is 2. The Morgan fingerprint density at radius 2 is 1.48 bits per heavy atom. The fourth-order valence-electron chi connectivity index (χ4n) is 3.93. The Morgan fingerprint density at radius 3 is 2.21 bits per heavy atom. The van der Waals surface area contributed by atoms with Crippen LogP contribution in [0.15, 0.2) is 48.5 Å². The highest BCUT2D eigenvalue weighted by molar-refractivity contribution is 5.99.